The summed E-state index contributed by atoms with van der Waals surface area (Å²) in [6, 6.07) is 31.0. The largest absolute Gasteiger partial charge is 0.507 e. The third kappa shape index (κ3) is 5.98. The van der Waals surface area contributed by atoms with Gasteiger partial charge < -0.3 is 16.2 Å². The highest BCUT2D eigenvalue weighted by Gasteiger charge is 2.46. The summed E-state index contributed by atoms with van der Waals surface area (Å²) < 4.78 is 2.07. The first-order valence-corrected chi connectivity index (χ1v) is 16.9. The van der Waals surface area contributed by atoms with Gasteiger partial charge in [-0.2, -0.15) is 0 Å². The molecule has 250 valence electrons. The van der Waals surface area contributed by atoms with Crippen LogP contribution in [-0.4, -0.2) is 60.9 Å². The molecular weight excluding hydrogens is 626 g/mol. The van der Waals surface area contributed by atoms with Crippen molar-refractivity contribution in [1.29, 1.82) is 0 Å². The van der Waals surface area contributed by atoms with E-state index in [0.717, 1.165) is 79.0 Å². The number of amides is 1. The molecular formula is C40H37N7O3. The fourth-order valence-electron chi connectivity index (χ4n) is 7.51. The third-order valence-corrected chi connectivity index (χ3v) is 10.3. The summed E-state index contributed by atoms with van der Waals surface area (Å²) in [6.45, 7) is 2.87. The third-order valence-electron chi connectivity index (χ3n) is 10.3. The quantitative estimate of drug-likeness (QED) is 0.159. The molecule has 0 unspecified atom stereocenters. The van der Waals surface area contributed by atoms with Gasteiger partial charge in [0, 0.05) is 35.6 Å². The molecule has 10 heteroatoms. The van der Waals surface area contributed by atoms with Crippen molar-refractivity contribution < 1.29 is 14.7 Å². The highest BCUT2D eigenvalue weighted by atomic mass is 16.3. The van der Waals surface area contributed by atoms with Crippen molar-refractivity contribution in [2.75, 3.05) is 18.8 Å². The summed E-state index contributed by atoms with van der Waals surface area (Å²) in [6.07, 6.45) is 6.35. The minimum absolute atomic E-state index is 0.120. The minimum Gasteiger partial charge on any atom is -0.507 e. The SMILES string of the molecule is Nc1ncccc1-c1nc2ccc(-c3ccccc3)nc2n1-c1ccc(CN2CCC3(CC2)CC(NC(=O)c2ccc(O)c(C=O)c2)C3)cc1. The first-order valence-electron chi connectivity index (χ1n) is 16.9. The van der Waals surface area contributed by atoms with Gasteiger partial charge in [0.15, 0.2) is 17.8 Å². The van der Waals surface area contributed by atoms with Crippen molar-refractivity contribution in [1.82, 2.24) is 29.7 Å². The van der Waals surface area contributed by atoms with E-state index >= 15 is 0 Å². The molecule has 2 aliphatic rings. The molecule has 1 saturated carbocycles. The van der Waals surface area contributed by atoms with Crippen LogP contribution in [0, 0.1) is 5.41 Å². The van der Waals surface area contributed by atoms with Crippen LogP contribution < -0.4 is 11.1 Å². The van der Waals surface area contributed by atoms with Crippen LogP contribution in [0.15, 0.2) is 103 Å². The van der Waals surface area contributed by atoms with Gasteiger partial charge in [-0.3, -0.25) is 19.1 Å². The Kier molecular flexibility index (Phi) is 8.08. The van der Waals surface area contributed by atoms with Crippen LogP contribution in [0.2, 0.25) is 0 Å². The molecule has 6 aromatic rings. The summed E-state index contributed by atoms with van der Waals surface area (Å²) in [5.74, 6) is 0.781. The lowest BCUT2D eigenvalue weighted by Crippen LogP contribution is -2.54. The van der Waals surface area contributed by atoms with Gasteiger partial charge in [-0.15, -0.1) is 0 Å². The number of hydrogen-bond acceptors (Lipinski definition) is 8. The van der Waals surface area contributed by atoms with E-state index in [0.29, 0.717) is 23.5 Å². The van der Waals surface area contributed by atoms with Crippen LogP contribution in [-0.2, 0) is 6.54 Å². The first-order chi connectivity index (χ1) is 24.4. The van der Waals surface area contributed by atoms with Crippen LogP contribution in [0.4, 0.5) is 5.82 Å². The summed E-state index contributed by atoms with van der Waals surface area (Å²) >= 11 is 0. The number of aldehydes is 1. The van der Waals surface area contributed by atoms with Crippen LogP contribution >= 0.6 is 0 Å². The molecule has 0 radical (unpaired) electrons. The van der Waals surface area contributed by atoms with Gasteiger partial charge in [0.2, 0.25) is 0 Å². The number of fused-ring (bicyclic) bond motifs is 1. The average Bonchev–Trinajstić information content (AvgIpc) is 3.51. The van der Waals surface area contributed by atoms with Crippen LogP contribution in [0.25, 0.3) is 39.5 Å². The van der Waals surface area contributed by atoms with E-state index in [1.165, 1.54) is 17.7 Å². The Morgan fingerprint density at radius 3 is 2.46 bits per heavy atom. The Morgan fingerprint density at radius 2 is 1.72 bits per heavy atom. The molecule has 4 heterocycles. The maximum absolute atomic E-state index is 12.8. The number of aromatic nitrogens is 4. The number of carbonyl (C=O) groups is 2. The maximum Gasteiger partial charge on any atom is 0.251 e. The minimum atomic E-state index is -0.207. The van der Waals surface area contributed by atoms with Crippen LogP contribution in [0.3, 0.4) is 0 Å². The molecule has 1 aliphatic carbocycles. The Bertz CT molecular complexity index is 2200. The van der Waals surface area contributed by atoms with Gasteiger partial charge in [0.1, 0.15) is 17.1 Å². The van der Waals surface area contributed by atoms with E-state index in [9.17, 15) is 14.7 Å². The van der Waals surface area contributed by atoms with E-state index in [1.807, 2.05) is 42.5 Å². The number of piperidine rings is 1. The lowest BCUT2D eigenvalue weighted by Gasteiger charge is -2.52. The monoisotopic (exact) mass is 663 g/mol. The fourth-order valence-corrected chi connectivity index (χ4v) is 7.51. The number of carbonyl (C=O) groups excluding carboxylic acids is 2. The predicted molar refractivity (Wildman–Crippen MR) is 193 cm³/mol. The van der Waals surface area contributed by atoms with Gasteiger partial charge in [0.05, 0.1) is 16.8 Å². The Morgan fingerprint density at radius 1 is 0.940 bits per heavy atom. The van der Waals surface area contributed by atoms with Gasteiger partial charge in [-0.05, 0) is 104 Å². The number of nitrogens with zero attached hydrogens (tertiary/aromatic N) is 5. The van der Waals surface area contributed by atoms with E-state index in [-0.39, 0.29) is 28.7 Å². The zero-order valence-corrected chi connectivity index (χ0v) is 27.5. The first kappa shape index (κ1) is 31.4. The zero-order chi connectivity index (χ0) is 34.2. The molecule has 1 aliphatic heterocycles. The van der Waals surface area contributed by atoms with Crippen molar-refractivity contribution in [3.05, 3.63) is 120 Å². The summed E-state index contributed by atoms with van der Waals surface area (Å²) in [5.41, 5.74) is 13.5. The maximum atomic E-state index is 12.8. The van der Waals surface area contributed by atoms with Crippen molar-refractivity contribution in [2.45, 2.75) is 38.3 Å². The number of rotatable bonds is 8. The van der Waals surface area contributed by atoms with Crippen LogP contribution in [0.1, 0.15) is 52.0 Å². The van der Waals surface area contributed by atoms with Crippen molar-refractivity contribution in [2.24, 2.45) is 5.41 Å². The van der Waals surface area contributed by atoms with E-state index in [4.69, 9.17) is 15.7 Å². The molecule has 8 rings (SSSR count). The number of hydrogen-bond donors (Lipinski definition) is 3. The number of likely N-dealkylation sites (tertiary alicyclic amines) is 1. The number of benzene rings is 3. The molecule has 4 N–H and O–H groups in total. The number of phenols is 1. The molecule has 0 atom stereocenters. The van der Waals surface area contributed by atoms with Crippen LogP contribution in [0.5, 0.6) is 5.75 Å². The number of anilines is 1. The molecule has 3 aromatic carbocycles. The molecule has 1 spiro atoms. The molecule has 1 saturated heterocycles. The van der Waals surface area contributed by atoms with E-state index < -0.39 is 0 Å². The molecule has 0 bridgehead atoms. The fraction of sp³-hybridized carbons (Fsp3) is 0.225. The summed E-state index contributed by atoms with van der Waals surface area (Å²) in [4.78, 5) is 40.8. The Balaban J connectivity index is 0.949. The van der Waals surface area contributed by atoms with Crippen molar-refractivity contribution >= 4 is 29.2 Å². The smallest absolute Gasteiger partial charge is 0.251 e. The normalized spacial score (nSPS) is 15.9. The number of imidazole rings is 1. The number of pyridine rings is 2. The summed E-state index contributed by atoms with van der Waals surface area (Å²) in [5, 5.41) is 12.9. The number of aromatic hydroxyl groups is 1. The molecule has 2 fully saturated rings. The average molecular weight is 664 g/mol. The highest BCUT2D eigenvalue weighted by molar-refractivity contribution is 5.96. The lowest BCUT2D eigenvalue weighted by molar-refractivity contribution is 0.00467. The topological polar surface area (TPSA) is 139 Å². The second-order valence-electron chi connectivity index (χ2n) is 13.5. The van der Waals surface area contributed by atoms with E-state index in [2.05, 4.69) is 56.2 Å². The van der Waals surface area contributed by atoms with Crippen molar-refractivity contribution in [3.8, 4) is 34.1 Å². The second-order valence-corrected chi connectivity index (χ2v) is 13.5. The number of phenolic OH excluding ortho intramolecular Hbond substituents is 1. The van der Waals surface area contributed by atoms with Gasteiger partial charge in [0.25, 0.3) is 5.91 Å². The molecule has 3 aromatic heterocycles. The predicted octanol–water partition coefficient (Wildman–Crippen LogP) is 6.42. The highest BCUT2D eigenvalue weighted by Crippen LogP contribution is 2.49. The lowest BCUT2D eigenvalue weighted by atomic mass is 9.60. The number of nitrogen functional groups attached to an aromatic ring is 1. The van der Waals surface area contributed by atoms with Gasteiger partial charge in [-0.25, -0.2) is 15.0 Å². The Labute approximate surface area is 289 Å². The molecule has 1 amide bonds. The molecule has 10 nitrogen and oxygen atoms in total. The number of nitrogens with one attached hydrogen (secondary N) is 1. The zero-order valence-electron chi connectivity index (χ0n) is 27.5. The standard InChI is InChI=1S/C40H37N7O3/c41-36-32(7-4-18-42-36)37-45-34-14-13-33(27-5-2-1-3-6-27)44-38(34)47(37)31-11-8-26(9-12-31)24-46-19-16-40(17-20-46)22-30(23-40)43-39(50)28-10-15-35(49)29(21-28)25-48/h1-15,18,21,25,30,49H,16-17,19-20,22-24H2,(H2,41,42)(H,43,50). The summed E-state index contributed by atoms with van der Waals surface area (Å²) in [7, 11) is 0. The second kappa shape index (κ2) is 12.9. The van der Waals surface area contributed by atoms with Crippen molar-refractivity contribution in [3.63, 3.8) is 0 Å². The number of nitrogens with two attached hydrogens (primary N) is 1. The van der Waals surface area contributed by atoms with Gasteiger partial charge in [-0.1, -0.05) is 42.5 Å². The Hall–Kier alpha value is -5.87. The van der Waals surface area contributed by atoms with Gasteiger partial charge >= 0.3 is 0 Å². The molecule has 50 heavy (non-hydrogen) atoms. The van der Waals surface area contributed by atoms with E-state index in [1.54, 1.807) is 12.3 Å².